The minimum absolute atomic E-state index is 0.144. The Kier molecular flexibility index (Phi) is 8.19. The van der Waals surface area contributed by atoms with Crippen LogP contribution in [0.3, 0.4) is 0 Å². The Balaban J connectivity index is 1.34. The summed E-state index contributed by atoms with van der Waals surface area (Å²) in [6, 6.07) is 10.8. The maximum absolute atomic E-state index is 13.0. The molecule has 1 atom stereocenters. The molecule has 2 aliphatic rings. The van der Waals surface area contributed by atoms with Gasteiger partial charge in [-0.1, -0.05) is 26.0 Å². The van der Waals surface area contributed by atoms with E-state index in [1.807, 2.05) is 32.9 Å². The second-order valence-electron chi connectivity index (χ2n) is 9.23. The molecule has 0 saturated carbocycles. The first-order valence-corrected chi connectivity index (χ1v) is 13.9. The zero-order valence-electron chi connectivity index (χ0n) is 21.5. The van der Waals surface area contributed by atoms with Crippen molar-refractivity contribution < 1.29 is 22.7 Å². The van der Waals surface area contributed by atoms with Gasteiger partial charge in [-0.3, -0.25) is 14.6 Å². The van der Waals surface area contributed by atoms with E-state index in [9.17, 15) is 13.2 Å². The van der Waals surface area contributed by atoms with Crippen molar-refractivity contribution in [2.75, 3.05) is 51.4 Å². The molecule has 1 fully saturated rings. The molecule has 2 aliphatic heterocycles. The topological polar surface area (TPSA) is 91.4 Å². The molecule has 196 valence electrons. The van der Waals surface area contributed by atoms with Crippen LogP contribution >= 0.6 is 0 Å². The van der Waals surface area contributed by atoms with Gasteiger partial charge < -0.3 is 14.8 Å². The highest BCUT2D eigenvalue weighted by molar-refractivity contribution is 7.89. The molecule has 0 unspecified atom stereocenters. The highest BCUT2D eigenvalue weighted by atomic mass is 32.2. The number of nitrogens with zero attached hydrogens (tertiary/aromatic N) is 3. The van der Waals surface area contributed by atoms with E-state index >= 15 is 0 Å². The third-order valence-corrected chi connectivity index (χ3v) is 9.15. The normalized spacial score (nSPS) is 17.4. The van der Waals surface area contributed by atoms with Gasteiger partial charge in [0, 0.05) is 51.5 Å². The standard InChI is InChI=1S/C26H36N4O5S/c1-5-30(6-2)36(32,33)25-16-22(9-7-19(25)3)27-26(31)20(4)29-13-11-28(12-14-29)17-21-8-10-23-24(15-21)35-18-34-23/h7-10,15-16,20H,5-6,11-14,17-18H2,1-4H3,(H,27,31)/t20-/m1/s1. The number of carbonyl (C=O) groups is 1. The van der Waals surface area contributed by atoms with Gasteiger partial charge in [-0.25, -0.2) is 8.42 Å². The number of nitrogens with one attached hydrogen (secondary N) is 1. The summed E-state index contributed by atoms with van der Waals surface area (Å²) in [4.78, 5) is 17.8. The second kappa shape index (κ2) is 11.2. The van der Waals surface area contributed by atoms with E-state index in [2.05, 4.69) is 21.2 Å². The van der Waals surface area contributed by atoms with Gasteiger partial charge in [0.15, 0.2) is 11.5 Å². The Bertz CT molecular complexity index is 1190. The number of piperazine rings is 1. The number of ether oxygens (including phenoxy) is 2. The predicted molar refractivity (Wildman–Crippen MR) is 139 cm³/mol. The van der Waals surface area contributed by atoms with Crippen LogP contribution in [0.1, 0.15) is 31.9 Å². The quantitative estimate of drug-likeness (QED) is 0.548. The van der Waals surface area contributed by atoms with Crippen molar-refractivity contribution in [1.29, 1.82) is 0 Å². The zero-order valence-corrected chi connectivity index (χ0v) is 22.3. The number of aryl methyl sites for hydroxylation is 1. The molecule has 1 amide bonds. The maximum atomic E-state index is 13.0. The Morgan fingerprint density at radius 2 is 1.72 bits per heavy atom. The van der Waals surface area contributed by atoms with Crippen LogP contribution in [-0.4, -0.2) is 80.5 Å². The molecule has 1 saturated heterocycles. The third-order valence-electron chi connectivity index (χ3n) is 6.96. The van der Waals surface area contributed by atoms with E-state index in [4.69, 9.17) is 9.47 Å². The molecule has 9 nitrogen and oxygen atoms in total. The number of rotatable bonds is 9. The van der Waals surface area contributed by atoms with Crippen molar-refractivity contribution in [2.24, 2.45) is 0 Å². The van der Waals surface area contributed by atoms with E-state index in [0.717, 1.165) is 44.2 Å². The number of anilines is 1. The van der Waals surface area contributed by atoms with Gasteiger partial charge in [0.05, 0.1) is 10.9 Å². The molecule has 0 aliphatic carbocycles. The minimum atomic E-state index is -3.62. The minimum Gasteiger partial charge on any atom is -0.454 e. The molecule has 1 N–H and O–H groups in total. The number of hydrogen-bond donors (Lipinski definition) is 1. The Morgan fingerprint density at radius 3 is 2.42 bits per heavy atom. The summed E-state index contributed by atoms with van der Waals surface area (Å²) in [6.07, 6.45) is 0. The Labute approximate surface area is 214 Å². The highest BCUT2D eigenvalue weighted by Gasteiger charge is 2.27. The van der Waals surface area contributed by atoms with E-state index < -0.39 is 10.0 Å². The van der Waals surface area contributed by atoms with Crippen LogP contribution in [0.5, 0.6) is 11.5 Å². The Hall–Kier alpha value is -2.66. The molecule has 36 heavy (non-hydrogen) atoms. The van der Waals surface area contributed by atoms with Gasteiger partial charge in [-0.2, -0.15) is 4.31 Å². The summed E-state index contributed by atoms with van der Waals surface area (Å²) in [5.74, 6) is 1.43. The van der Waals surface area contributed by atoms with Gasteiger partial charge >= 0.3 is 0 Å². The SMILES string of the molecule is CCN(CC)S(=O)(=O)c1cc(NC(=O)[C@@H](C)N2CCN(Cc3ccc4c(c3)OCO4)CC2)ccc1C. The molecule has 0 radical (unpaired) electrons. The smallest absolute Gasteiger partial charge is 0.243 e. The lowest BCUT2D eigenvalue weighted by Gasteiger charge is -2.37. The van der Waals surface area contributed by atoms with E-state index in [0.29, 0.717) is 24.3 Å². The van der Waals surface area contributed by atoms with Gasteiger partial charge in [0.1, 0.15) is 0 Å². The van der Waals surface area contributed by atoms with Crippen LogP contribution in [-0.2, 0) is 21.4 Å². The molecule has 2 aromatic rings. The lowest BCUT2D eigenvalue weighted by atomic mass is 10.1. The first-order chi connectivity index (χ1) is 17.2. The lowest BCUT2D eigenvalue weighted by Crippen LogP contribution is -2.52. The van der Waals surface area contributed by atoms with Crippen LogP contribution in [0.4, 0.5) is 5.69 Å². The second-order valence-corrected chi connectivity index (χ2v) is 11.1. The van der Waals surface area contributed by atoms with Gasteiger partial charge in [-0.15, -0.1) is 0 Å². The van der Waals surface area contributed by atoms with Gasteiger partial charge in [0.25, 0.3) is 0 Å². The molecule has 2 heterocycles. The largest absolute Gasteiger partial charge is 0.454 e. The molecule has 2 aromatic carbocycles. The van der Waals surface area contributed by atoms with Crippen molar-refractivity contribution in [1.82, 2.24) is 14.1 Å². The summed E-state index contributed by atoms with van der Waals surface area (Å²) in [5, 5.41) is 2.93. The van der Waals surface area contributed by atoms with Crippen LogP contribution < -0.4 is 14.8 Å². The average Bonchev–Trinajstić information content (AvgIpc) is 3.33. The van der Waals surface area contributed by atoms with Crippen molar-refractivity contribution >= 4 is 21.6 Å². The van der Waals surface area contributed by atoms with Crippen molar-refractivity contribution in [3.8, 4) is 11.5 Å². The molecule has 0 aromatic heterocycles. The predicted octanol–water partition coefficient (Wildman–Crippen LogP) is 2.90. The summed E-state index contributed by atoms with van der Waals surface area (Å²) >= 11 is 0. The number of carbonyl (C=O) groups excluding carboxylic acids is 1. The fraction of sp³-hybridized carbons (Fsp3) is 0.500. The highest BCUT2D eigenvalue weighted by Crippen LogP contribution is 2.33. The molecule has 0 spiro atoms. The van der Waals surface area contributed by atoms with E-state index in [1.54, 1.807) is 25.1 Å². The fourth-order valence-electron chi connectivity index (χ4n) is 4.68. The first-order valence-electron chi connectivity index (χ1n) is 12.5. The van der Waals surface area contributed by atoms with Crippen molar-refractivity contribution in [3.63, 3.8) is 0 Å². The van der Waals surface area contributed by atoms with Gasteiger partial charge in [0.2, 0.25) is 22.7 Å². The van der Waals surface area contributed by atoms with Crippen LogP contribution in [0.15, 0.2) is 41.3 Å². The molecule has 0 bridgehead atoms. The van der Waals surface area contributed by atoms with Crippen LogP contribution in [0.2, 0.25) is 0 Å². The summed E-state index contributed by atoms with van der Waals surface area (Å²) in [7, 11) is -3.62. The Morgan fingerprint density at radius 1 is 1.03 bits per heavy atom. The van der Waals surface area contributed by atoms with E-state index in [-0.39, 0.29) is 23.6 Å². The number of hydrogen-bond acceptors (Lipinski definition) is 7. The lowest BCUT2D eigenvalue weighted by molar-refractivity contribution is -0.121. The average molecular weight is 517 g/mol. The number of benzene rings is 2. The van der Waals surface area contributed by atoms with Crippen molar-refractivity contribution in [3.05, 3.63) is 47.5 Å². The van der Waals surface area contributed by atoms with Crippen LogP contribution in [0.25, 0.3) is 0 Å². The molecule has 10 heteroatoms. The van der Waals surface area contributed by atoms with Crippen molar-refractivity contribution in [2.45, 2.75) is 45.2 Å². The fourth-order valence-corrected chi connectivity index (χ4v) is 6.39. The van der Waals surface area contributed by atoms with E-state index in [1.165, 1.54) is 9.87 Å². The maximum Gasteiger partial charge on any atom is 0.243 e. The zero-order chi connectivity index (χ0) is 25.9. The van der Waals surface area contributed by atoms with Gasteiger partial charge in [-0.05, 0) is 49.2 Å². The summed E-state index contributed by atoms with van der Waals surface area (Å²) in [6.45, 7) is 12.4. The first kappa shape index (κ1) is 26.4. The number of amides is 1. The molecule has 4 rings (SSSR count). The third kappa shape index (κ3) is 5.67. The molecular weight excluding hydrogens is 480 g/mol. The summed E-state index contributed by atoms with van der Waals surface area (Å²) in [5.41, 5.74) is 2.32. The summed E-state index contributed by atoms with van der Waals surface area (Å²) < 4.78 is 38.4. The monoisotopic (exact) mass is 516 g/mol. The number of fused-ring (bicyclic) bond motifs is 1. The van der Waals surface area contributed by atoms with Crippen LogP contribution in [0, 0.1) is 6.92 Å². The number of sulfonamides is 1. The molecular formula is C26H36N4O5S.